The van der Waals surface area contributed by atoms with Gasteiger partial charge in [0, 0.05) is 29.7 Å². The summed E-state index contributed by atoms with van der Waals surface area (Å²) >= 11 is 2.32. The fourth-order valence-corrected chi connectivity index (χ4v) is 2.60. The molecule has 3 nitrogen and oxygen atoms in total. The molecule has 1 aliphatic heterocycles. The van der Waals surface area contributed by atoms with Crippen LogP contribution in [0.2, 0.25) is 0 Å². The summed E-state index contributed by atoms with van der Waals surface area (Å²) in [5.41, 5.74) is 1.52. The standard InChI is InChI=1S/C14H20FIN2O/c1-2-6-18(7-5-16)14-4-3-11(8-13(14)15)17-9-12-10-19-12/h3-4,8,12,17H,2,5-7,9-10H2,1H3/t12-/m1/s1. The minimum absolute atomic E-state index is 0.153. The molecule has 5 heteroatoms. The Kier molecular flexibility index (Phi) is 5.69. The summed E-state index contributed by atoms with van der Waals surface area (Å²) in [6.07, 6.45) is 1.33. The smallest absolute Gasteiger partial charge is 0.148 e. The Balaban J connectivity index is 2.02. The Bertz CT molecular complexity index is 406. The van der Waals surface area contributed by atoms with Gasteiger partial charge in [-0.3, -0.25) is 0 Å². The summed E-state index contributed by atoms with van der Waals surface area (Å²) < 4.78 is 20.3. The van der Waals surface area contributed by atoms with Crippen LogP contribution in [0.3, 0.4) is 0 Å². The topological polar surface area (TPSA) is 27.8 Å². The lowest BCUT2D eigenvalue weighted by Crippen LogP contribution is -2.27. The molecule has 1 fully saturated rings. The molecule has 0 saturated carbocycles. The number of hydrogen-bond acceptors (Lipinski definition) is 3. The van der Waals surface area contributed by atoms with E-state index in [4.69, 9.17) is 4.74 Å². The minimum Gasteiger partial charge on any atom is -0.382 e. The van der Waals surface area contributed by atoms with Crippen molar-refractivity contribution < 1.29 is 9.13 Å². The predicted octanol–water partition coefficient (Wildman–Crippen LogP) is 3.29. The maximum Gasteiger partial charge on any atom is 0.148 e. The van der Waals surface area contributed by atoms with Crippen LogP contribution in [0.5, 0.6) is 0 Å². The highest BCUT2D eigenvalue weighted by Crippen LogP contribution is 2.24. The van der Waals surface area contributed by atoms with E-state index in [1.165, 1.54) is 0 Å². The van der Waals surface area contributed by atoms with E-state index in [1.807, 2.05) is 12.1 Å². The molecule has 106 valence electrons. The normalized spacial score (nSPS) is 17.3. The van der Waals surface area contributed by atoms with Crippen molar-refractivity contribution in [2.24, 2.45) is 0 Å². The van der Waals surface area contributed by atoms with Crippen LogP contribution >= 0.6 is 22.6 Å². The first-order valence-corrected chi connectivity index (χ1v) is 8.23. The van der Waals surface area contributed by atoms with Crippen LogP contribution < -0.4 is 10.2 Å². The van der Waals surface area contributed by atoms with E-state index in [-0.39, 0.29) is 5.82 Å². The Hall–Kier alpha value is -0.560. The molecule has 0 aliphatic carbocycles. The van der Waals surface area contributed by atoms with Gasteiger partial charge in [-0.1, -0.05) is 29.5 Å². The zero-order chi connectivity index (χ0) is 13.7. The third-order valence-electron chi connectivity index (χ3n) is 3.07. The molecule has 0 unspecified atom stereocenters. The van der Waals surface area contributed by atoms with E-state index in [2.05, 4.69) is 39.7 Å². The van der Waals surface area contributed by atoms with E-state index < -0.39 is 0 Å². The molecule has 0 bridgehead atoms. The van der Waals surface area contributed by atoms with Gasteiger partial charge in [0.1, 0.15) is 5.82 Å². The Morgan fingerprint density at radius 3 is 2.84 bits per heavy atom. The van der Waals surface area contributed by atoms with Gasteiger partial charge in [-0.2, -0.15) is 0 Å². The summed E-state index contributed by atoms with van der Waals surface area (Å²) in [5.74, 6) is -0.153. The lowest BCUT2D eigenvalue weighted by Gasteiger charge is -2.24. The molecule has 0 radical (unpaired) electrons. The quantitative estimate of drug-likeness (QED) is 0.428. The number of anilines is 2. The largest absolute Gasteiger partial charge is 0.382 e. The number of nitrogens with one attached hydrogen (secondary N) is 1. The van der Waals surface area contributed by atoms with Gasteiger partial charge in [-0.25, -0.2) is 4.39 Å². The molecule has 1 saturated heterocycles. The van der Waals surface area contributed by atoms with Gasteiger partial charge in [0.05, 0.1) is 18.4 Å². The molecule has 1 N–H and O–H groups in total. The molecule has 0 aromatic heterocycles. The van der Waals surface area contributed by atoms with E-state index in [1.54, 1.807) is 6.07 Å². The summed E-state index contributed by atoms with van der Waals surface area (Å²) in [6.45, 7) is 5.46. The van der Waals surface area contributed by atoms with Crippen LogP contribution in [0, 0.1) is 5.82 Å². The van der Waals surface area contributed by atoms with Gasteiger partial charge in [-0.05, 0) is 24.6 Å². The summed E-state index contributed by atoms with van der Waals surface area (Å²) in [5, 5.41) is 3.19. The first-order valence-electron chi connectivity index (χ1n) is 6.70. The summed E-state index contributed by atoms with van der Waals surface area (Å²) in [7, 11) is 0. The number of alkyl halides is 1. The van der Waals surface area contributed by atoms with Crippen molar-refractivity contribution in [1.82, 2.24) is 0 Å². The van der Waals surface area contributed by atoms with Gasteiger partial charge in [0.2, 0.25) is 0 Å². The maximum absolute atomic E-state index is 14.2. The third kappa shape index (κ3) is 4.49. The van der Waals surface area contributed by atoms with Gasteiger partial charge in [-0.15, -0.1) is 0 Å². The van der Waals surface area contributed by atoms with Gasteiger partial charge < -0.3 is 15.0 Å². The van der Waals surface area contributed by atoms with Crippen LogP contribution in [-0.4, -0.2) is 36.8 Å². The number of epoxide rings is 1. The van der Waals surface area contributed by atoms with Crippen molar-refractivity contribution in [3.05, 3.63) is 24.0 Å². The first kappa shape index (κ1) is 14.8. The molecule has 1 atom stereocenters. The highest BCUT2D eigenvalue weighted by Gasteiger charge is 2.21. The molecule has 1 heterocycles. The van der Waals surface area contributed by atoms with Crippen molar-refractivity contribution in [3.63, 3.8) is 0 Å². The molecular formula is C14H20FIN2O. The number of ether oxygens (including phenoxy) is 1. The molecular weight excluding hydrogens is 358 g/mol. The second kappa shape index (κ2) is 7.28. The Morgan fingerprint density at radius 2 is 2.26 bits per heavy atom. The number of nitrogens with zero attached hydrogens (tertiary/aromatic N) is 1. The highest BCUT2D eigenvalue weighted by molar-refractivity contribution is 14.1. The summed E-state index contributed by atoms with van der Waals surface area (Å²) in [4.78, 5) is 2.11. The highest BCUT2D eigenvalue weighted by atomic mass is 127. The lowest BCUT2D eigenvalue weighted by atomic mass is 10.2. The average molecular weight is 378 g/mol. The van der Waals surface area contributed by atoms with Crippen LogP contribution in [0.15, 0.2) is 18.2 Å². The van der Waals surface area contributed by atoms with Crippen molar-refractivity contribution >= 4 is 34.0 Å². The number of rotatable bonds is 8. The predicted molar refractivity (Wildman–Crippen MR) is 86.0 cm³/mol. The Labute approximate surface area is 127 Å². The molecule has 19 heavy (non-hydrogen) atoms. The van der Waals surface area contributed by atoms with E-state index in [0.717, 1.165) is 42.8 Å². The van der Waals surface area contributed by atoms with Crippen molar-refractivity contribution in [2.45, 2.75) is 19.4 Å². The van der Waals surface area contributed by atoms with Crippen molar-refractivity contribution in [1.29, 1.82) is 0 Å². The molecule has 1 aromatic rings. The molecule has 1 aromatic carbocycles. The fourth-order valence-electron chi connectivity index (χ4n) is 2.02. The number of hydrogen-bond donors (Lipinski definition) is 1. The van der Waals surface area contributed by atoms with Gasteiger partial charge in [0.15, 0.2) is 0 Å². The van der Waals surface area contributed by atoms with Crippen LogP contribution in [0.1, 0.15) is 13.3 Å². The zero-order valence-corrected chi connectivity index (χ0v) is 13.3. The SMILES string of the molecule is CCCN(CCI)c1ccc(NC[C@@H]2CO2)cc1F. The number of halogens is 2. The molecule has 0 amide bonds. The fraction of sp³-hybridized carbons (Fsp3) is 0.571. The van der Waals surface area contributed by atoms with Gasteiger partial charge in [0.25, 0.3) is 0 Å². The molecule has 1 aliphatic rings. The second-order valence-corrected chi connectivity index (χ2v) is 5.76. The van der Waals surface area contributed by atoms with Gasteiger partial charge >= 0.3 is 0 Å². The number of benzene rings is 1. The second-order valence-electron chi connectivity index (χ2n) is 4.68. The van der Waals surface area contributed by atoms with Crippen molar-refractivity contribution in [3.8, 4) is 0 Å². The van der Waals surface area contributed by atoms with E-state index >= 15 is 0 Å². The first-order chi connectivity index (χ1) is 9.24. The molecule has 0 spiro atoms. The van der Waals surface area contributed by atoms with Crippen LogP contribution in [0.4, 0.5) is 15.8 Å². The monoisotopic (exact) mass is 378 g/mol. The third-order valence-corrected chi connectivity index (χ3v) is 3.55. The Morgan fingerprint density at radius 1 is 1.47 bits per heavy atom. The van der Waals surface area contributed by atoms with Crippen LogP contribution in [0.25, 0.3) is 0 Å². The maximum atomic E-state index is 14.2. The lowest BCUT2D eigenvalue weighted by molar-refractivity contribution is 0.416. The average Bonchev–Trinajstić information content (AvgIpc) is 3.20. The van der Waals surface area contributed by atoms with Crippen LogP contribution in [-0.2, 0) is 4.74 Å². The van der Waals surface area contributed by atoms with E-state index in [9.17, 15) is 4.39 Å². The molecule has 2 rings (SSSR count). The zero-order valence-electron chi connectivity index (χ0n) is 11.2. The minimum atomic E-state index is -0.153. The summed E-state index contributed by atoms with van der Waals surface area (Å²) in [6, 6.07) is 5.39. The van der Waals surface area contributed by atoms with Crippen molar-refractivity contribution in [2.75, 3.05) is 40.9 Å². The van der Waals surface area contributed by atoms with E-state index in [0.29, 0.717) is 11.8 Å².